The molecule has 1 aliphatic rings. The molecule has 1 aliphatic heterocycles. The molecule has 0 aliphatic carbocycles. The third kappa shape index (κ3) is 4.66. The third-order valence-electron chi connectivity index (χ3n) is 2.81. The number of nitrogens with one attached hydrogen (secondary N) is 1. The van der Waals surface area contributed by atoms with E-state index in [1.807, 2.05) is 13.0 Å². The minimum Gasteiger partial charge on any atom is -0.454 e. The Kier molecular flexibility index (Phi) is 5.59. The third-order valence-corrected chi connectivity index (χ3v) is 2.81. The number of hydrogen-bond donors (Lipinski definition) is 1. The molecule has 0 fully saturated rings. The Morgan fingerprint density at radius 3 is 2.91 bits per heavy atom. The second kappa shape index (κ2) is 7.87. The van der Waals surface area contributed by atoms with E-state index in [-0.39, 0.29) is 19.3 Å². The van der Waals surface area contributed by atoms with Crippen LogP contribution in [-0.2, 0) is 20.9 Å². The number of ether oxygens (including phenoxy) is 3. The summed E-state index contributed by atoms with van der Waals surface area (Å²) in [5.41, 5.74) is 0.872. The van der Waals surface area contributed by atoms with E-state index in [4.69, 9.17) is 14.2 Å². The molecule has 0 spiro atoms. The van der Waals surface area contributed by atoms with E-state index >= 15 is 0 Å². The Morgan fingerprint density at radius 1 is 1.27 bits per heavy atom. The average Bonchev–Trinajstić information content (AvgIpc) is 2.98. The van der Waals surface area contributed by atoms with E-state index < -0.39 is 5.97 Å². The molecule has 0 atom stereocenters. The first-order valence-electron chi connectivity index (χ1n) is 6.80. The van der Waals surface area contributed by atoms with E-state index in [0.29, 0.717) is 18.0 Å². The van der Waals surface area contributed by atoms with Crippen molar-refractivity contribution in [2.24, 2.45) is 0 Å². The topological polar surface area (TPSA) is 73.9 Å². The number of hydrogen-bond acceptors (Lipinski definition) is 5. The van der Waals surface area contributed by atoms with Gasteiger partial charge in [0.25, 0.3) is 5.91 Å². The van der Waals surface area contributed by atoms with Gasteiger partial charge in [-0.2, -0.15) is 0 Å². The van der Waals surface area contributed by atoms with Gasteiger partial charge in [-0.05, 0) is 24.6 Å². The molecule has 1 aromatic carbocycles. The second-order valence-electron chi connectivity index (χ2n) is 4.46. The first kappa shape index (κ1) is 15.6. The van der Waals surface area contributed by atoms with Crippen LogP contribution in [-0.4, -0.2) is 25.3 Å². The number of carbonyl (C=O) groups excluding carboxylic acids is 2. The SMILES string of the molecule is C/C=C/C=C/C(=O)OCC(=O)NCc1ccc2c(c1)OCO2. The Hall–Kier alpha value is -2.76. The normalized spacial score (nSPS) is 12.8. The predicted octanol–water partition coefficient (Wildman–Crippen LogP) is 1.71. The maximum Gasteiger partial charge on any atom is 0.331 e. The van der Waals surface area contributed by atoms with Crippen LogP contribution < -0.4 is 14.8 Å². The Morgan fingerprint density at radius 2 is 2.09 bits per heavy atom. The molecule has 1 aromatic rings. The van der Waals surface area contributed by atoms with E-state index in [0.717, 1.165) is 5.56 Å². The fourth-order valence-corrected chi connectivity index (χ4v) is 1.73. The quantitative estimate of drug-likeness (QED) is 0.492. The molecule has 6 nitrogen and oxygen atoms in total. The minimum absolute atomic E-state index is 0.210. The zero-order valence-electron chi connectivity index (χ0n) is 12.2. The molecule has 0 bridgehead atoms. The van der Waals surface area contributed by atoms with Gasteiger partial charge < -0.3 is 19.5 Å². The smallest absolute Gasteiger partial charge is 0.331 e. The molecule has 1 N–H and O–H groups in total. The standard InChI is InChI=1S/C16H17NO5/c1-2-3-4-5-16(19)20-10-15(18)17-9-12-6-7-13-14(8-12)22-11-21-13/h2-8H,9-11H2,1H3,(H,17,18)/b3-2+,5-4+. The number of fused-ring (bicyclic) bond motifs is 1. The molecule has 0 unspecified atom stereocenters. The van der Waals surface area contributed by atoms with Gasteiger partial charge in [0.2, 0.25) is 6.79 Å². The molecular formula is C16H17NO5. The molecule has 6 heteroatoms. The van der Waals surface area contributed by atoms with Crippen molar-refractivity contribution in [2.75, 3.05) is 13.4 Å². The maximum atomic E-state index is 11.6. The van der Waals surface area contributed by atoms with Crippen molar-refractivity contribution in [2.45, 2.75) is 13.5 Å². The van der Waals surface area contributed by atoms with Crippen molar-refractivity contribution in [3.8, 4) is 11.5 Å². The van der Waals surface area contributed by atoms with Gasteiger partial charge in [0.1, 0.15) is 0 Å². The molecule has 0 saturated carbocycles. The van der Waals surface area contributed by atoms with Crippen molar-refractivity contribution in [3.05, 3.63) is 48.1 Å². The van der Waals surface area contributed by atoms with Crippen LogP contribution in [0.5, 0.6) is 11.5 Å². The molecule has 1 heterocycles. The van der Waals surface area contributed by atoms with Gasteiger partial charge >= 0.3 is 5.97 Å². The molecule has 0 saturated heterocycles. The summed E-state index contributed by atoms with van der Waals surface area (Å²) in [7, 11) is 0. The minimum atomic E-state index is -0.559. The zero-order chi connectivity index (χ0) is 15.8. The van der Waals surface area contributed by atoms with Gasteiger partial charge in [0.15, 0.2) is 18.1 Å². The van der Waals surface area contributed by atoms with Crippen LogP contribution in [0, 0.1) is 0 Å². The molecule has 1 amide bonds. The van der Waals surface area contributed by atoms with E-state index in [1.165, 1.54) is 6.08 Å². The largest absolute Gasteiger partial charge is 0.454 e. The zero-order valence-corrected chi connectivity index (χ0v) is 12.2. The lowest BCUT2D eigenvalue weighted by molar-refractivity contribution is -0.143. The lowest BCUT2D eigenvalue weighted by atomic mass is 10.2. The Balaban J connectivity index is 1.72. The molecule has 2 rings (SSSR count). The number of allylic oxidation sites excluding steroid dienone is 3. The monoisotopic (exact) mass is 303 g/mol. The molecule has 0 radical (unpaired) electrons. The predicted molar refractivity (Wildman–Crippen MR) is 79.3 cm³/mol. The van der Waals surface area contributed by atoms with E-state index in [1.54, 1.807) is 30.4 Å². The molecule has 116 valence electrons. The lowest BCUT2D eigenvalue weighted by Gasteiger charge is -2.06. The molecule has 0 aromatic heterocycles. The van der Waals surface area contributed by atoms with Crippen LogP contribution in [0.25, 0.3) is 0 Å². The fourth-order valence-electron chi connectivity index (χ4n) is 1.73. The summed E-state index contributed by atoms with van der Waals surface area (Å²) in [5, 5.41) is 2.66. The molecular weight excluding hydrogens is 286 g/mol. The summed E-state index contributed by atoms with van der Waals surface area (Å²) in [5.74, 6) is 0.422. The first-order chi connectivity index (χ1) is 10.7. The first-order valence-corrected chi connectivity index (χ1v) is 6.80. The van der Waals surface area contributed by atoms with Gasteiger partial charge in [-0.15, -0.1) is 0 Å². The highest BCUT2D eigenvalue weighted by atomic mass is 16.7. The van der Waals surface area contributed by atoms with Gasteiger partial charge in [-0.1, -0.05) is 24.3 Å². The van der Waals surface area contributed by atoms with Crippen LogP contribution in [0.4, 0.5) is 0 Å². The van der Waals surface area contributed by atoms with E-state index in [2.05, 4.69) is 5.32 Å². The summed E-state index contributed by atoms with van der Waals surface area (Å²) in [6.07, 6.45) is 6.28. The van der Waals surface area contributed by atoms with Crippen molar-refractivity contribution >= 4 is 11.9 Å². The number of carbonyl (C=O) groups is 2. The summed E-state index contributed by atoms with van der Waals surface area (Å²) in [6, 6.07) is 5.42. The summed E-state index contributed by atoms with van der Waals surface area (Å²) < 4.78 is 15.3. The number of rotatable bonds is 6. The van der Waals surface area contributed by atoms with Crippen molar-refractivity contribution in [3.63, 3.8) is 0 Å². The summed E-state index contributed by atoms with van der Waals surface area (Å²) in [4.78, 5) is 22.9. The highest BCUT2D eigenvalue weighted by Crippen LogP contribution is 2.32. The van der Waals surface area contributed by atoms with Crippen LogP contribution >= 0.6 is 0 Å². The van der Waals surface area contributed by atoms with Gasteiger partial charge in [-0.3, -0.25) is 4.79 Å². The number of esters is 1. The Bertz CT molecular complexity index is 607. The number of benzene rings is 1. The van der Waals surface area contributed by atoms with Crippen LogP contribution in [0.15, 0.2) is 42.5 Å². The highest BCUT2D eigenvalue weighted by Gasteiger charge is 2.13. The maximum absolute atomic E-state index is 11.6. The number of amides is 1. The second-order valence-corrected chi connectivity index (χ2v) is 4.46. The van der Waals surface area contributed by atoms with Crippen molar-refractivity contribution in [1.29, 1.82) is 0 Å². The van der Waals surface area contributed by atoms with Crippen LogP contribution in [0.1, 0.15) is 12.5 Å². The molecule has 22 heavy (non-hydrogen) atoms. The lowest BCUT2D eigenvalue weighted by Crippen LogP contribution is -2.28. The van der Waals surface area contributed by atoms with Crippen LogP contribution in [0.3, 0.4) is 0 Å². The van der Waals surface area contributed by atoms with Gasteiger partial charge in [-0.25, -0.2) is 4.79 Å². The van der Waals surface area contributed by atoms with E-state index in [9.17, 15) is 9.59 Å². The van der Waals surface area contributed by atoms with Crippen molar-refractivity contribution in [1.82, 2.24) is 5.32 Å². The highest BCUT2D eigenvalue weighted by molar-refractivity contribution is 5.85. The Labute approximate surface area is 128 Å². The summed E-state index contributed by atoms with van der Waals surface area (Å²) >= 11 is 0. The average molecular weight is 303 g/mol. The van der Waals surface area contributed by atoms with Gasteiger partial charge in [0.05, 0.1) is 0 Å². The summed E-state index contributed by atoms with van der Waals surface area (Å²) in [6.45, 7) is 2.05. The van der Waals surface area contributed by atoms with Crippen molar-refractivity contribution < 1.29 is 23.8 Å². The fraction of sp³-hybridized carbons (Fsp3) is 0.250. The van der Waals surface area contributed by atoms with Crippen LogP contribution in [0.2, 0.25) is 0 Å². The van der Waals surface area contributed by atoms with Gasteiger partial charge in [0, 0.05) is 12.6 Å².